The molecular weight excluding hydrogens is 436 g/mol. The molecule has 0 bridgehead atoms. The van der Waals surface area contributed by atoms with Crippen molar-refractivity contribution in [3.05, 3.63) is 94.6 Å². The van der Waals surface area contributed by atoms with Gasteiger partial charge in [0.05, 0.1) is 12.1 Å². The summed E-state index contributed by atoms with van der Waals surface area (Å²) in [5.41, 5.74) is 7.78. The third-order valence-electron chi connectivity index (χ3n) is 5.04. The van der Waals surface area contributed by atoms with Gasteiger partial charge in [0.25, 0.3) is 5.91 Å². The van der Waals surface area contributed by atoms with Gasteiger partial charge in [-0.05, 0) is 30.2 Å². The monoisotopic (exact) mass is 457 g/mol. The fourth-order valence-electron chi connectivity index (χ4n) is 3.26. The van der Waals surface area contributed by atoms with Crippen LogP contribution in [0.5, 0.6) is 0 Å². The summed E-state index contributed by atoms with van der Waals surface area (Å²) in [5.74, 6) is -2.70. The van der Waals surface area contributed by atoms with E-state index in [0.717, 1.165) is 16.0 Å². The molecule has 0 fully saturated rings. The summed E-state index contributed by atoms with van der Waals surface area (Å²) >= 11 is 6.16. The molecule has 0 aromatic heterocycles. The van der Waals surface area contributed by atoms with Gasteiger partial charge in [-0.2, -0.15) is 0 Å². The van der Waals surface area contributed by atoms with Gasteiger partial charge >= 0.3 is 0 Å². The van der Waals surface area contributed by atoms with Gasteiger partial charge in [0.1, 0.15) is 17.5 Å². The molecule has 5 nitrogen and oxygen atoms in total. The second-order valence-electron chi connectivity index (χ2n) is 7.27. The molecule has 3 aromatic carbocycles. The first-order valence-electron chi connectivity index (χ1n) is 9.71. The number of nitrogens with two attached hydrogens (primary N) is 1. The van der Waals surface area contributed by atoms with Gasteiger partial charge < -0.3 is 10.5 Å². The molecule has 0 aliphatic carbocycles. The van der Waals surface area contributed by atoms with Crippen molar-refractivity contribution in [1.82, 2.24) is 4.42 Å². The number of nitrogens with zero attached hydrogens (tertiary/aromatic N) is 1. The van der Waals surface area contributed by atoms with Gasteiger partial charge in [-0.3, -0.25) is 10.2 Å². The van der Waals surface area contributed by atoms with Crippen molar-refractivity contribution in [2.75, 3.05) is 7.11 Å². The highest BCUT2D eigenvalue weighted by Crippen LogP contribution is 2.33. The Labute approximate surface area is 190 Å². The summed E-state index contributed by atoms with van der Waals surface area (Å²) in [6, 6.07) is 16.0. The second kappa shape index (κ2) is 9.89. The van der Waals surface area contributed by atoms with Crippen LogP contribution in [0.15, 0.2) is 60.7 Å². The number of amides is 1. The summed E-state index contributed by atoms with van der Waals surface area (Å²) in [5, 5.41) is 7.42. The van der Waals surface area contributed by atoms with E-state index in [-0.39, 0.29) is 17.9 Å². The lowest BCUT2D eigenvalue weighted by Crippen LogP contribution is -2.30. The van der Waals surface area contributed by atoms with Gasteiger partial charge in [-0.25, -0.2) is 13.2 Å². The maximum absolute atomic E-state index is 15.4. The van der Waals surface area contributed by atoms with Crippen molar-refractivity contribution in [3.8, 4) is 11.1 Å². The predicted octanol–water partition coefficient (Wildman–Crippen LogP) is 5.09. The largest absolute Gasteiger partial charge is 0.384 e. The average molecular weight is 458 g/mol. The lowest BCUT2D eigenvalue weighted by Gasteiger charge is -2.22. The highest BCUT2D eigenvalue weighted by Gasteiger charge is 2.32. The molecule has 3 N–H and O–H groups in total. The van der Waals surface area contributed by atoms with Crippen LogP contribution >= 0.6 is 11.8 Å². The molecular formula is C24H22ClF2N3O2. The number of hydrogen-bond donors (Lipinski definition) is 2. The number of carbonyl (C=O) groups is 1. The molecule has 1 atom stereocenters. The Morgan fingerprint density at radius 3 is 2.28 bits per heavy atom. The minimum absolute atomic E-state index is 0.0423. The quantitative estimate of drug-likeness (QED) is 0.294. The van der Waals surface area contributed by atoms with Crippen LogP contribution in [-0.2, 0) is 16.1 Å². The third-order valence-corrected chi connectivity index (χ3v) is 5.32. The van der Waals surface area contributed by atoms with Crippen molar-refractivity contribution < 1.29 is 18.3 Å². The number of nitrogens with one attached hydrogen (secondary N) is 1. The Morgan fingerprint density at radius 1 is 1.09 bits per heavy atom. The number of rotatable bonds is 7. The van der Waals surface area contributed by atoms with E-state index in [0.29, 0.717) is 16.7 Å². The maximum atomic E-state index is 15.4. The minimum Gasteiger partial charge on any atom is -0.384 e. The number of aryl methyl sites for hydroxylation is 1. The Kier molecular flexibility index (Phi) is 7.22. The van der Waals surface area contributed by atoms with Crippen molar-refractivity contribution in [1.29, 1.82) is 5.41 Å². The summed E-state index contributed by atoms with van der Waals surface area (Å²) in [7, 11) is 1.19. The van der Waals surface area contributed by atoms with E-state index in [9.17, 15) is 9.18 Å². The molecule has 0 saturated carbocycles. The molecule has 0 saturated heterocycles. The first-order valence-corrected chi connectivity index (χ1v) is 10.0. The summed E-state index contributed by atoms with van der Waals surface area (Å²) in [6.45, 7) is 1.86. The zero-order valence-corrected chi connectivity index (χ0v) is 18.3. The molecule has 0 radical (unpaired) electrons. The SMILES string of the molecule is COC(C(=O)N(Cl)Cc1ccc(C(=N)N)cc1)c1c(F)ccc(-c2ccc(C)cc2)c1F. The average Bonchev–Trinajstić information content (AvgIpc) is 2.77. The lowest BCUT2D eigenvalue weighted by atomic mass is 9.97. The number of amidine groups is 1. The standard InChI is InChI=1S/C24H22ClF2N3O2/c1-14-3-7-16(8-4-14)18-11-12-19(26)20(21(18)27)22(32-2)24(31)30(25)13-15-5-9-17(10-6-15)23(28)29/h3-12,22H,13H2,1-2H3,(H3,28,29). The normalized spacial score (nSPS) is 11.8. The molecule has 1 unspecified atom stereocenters. The number of halogens is 3. The van der Waals surface area contributed by atoms with Crippen molar-refractivity contribution in [2.24, 2.45) is 5.73 Å². The molecule has 1 amide bonds. The third kappa shape index (κ3) is 4.95. The van der Waals surface area contributed by atoms with Gasteiger partial charge in [0, 0.05) is 30.0 Å². The van der Waals surface area contributed by atoms with Gasteiger partial charge in [0.2, 0.25) is 0 Å². The van der Waals surface area contributed by atoms with Crippen LogP contribution < -0.4 is 5.73 Å². The van der Waals surface area contributed by atoms with Gasteiger partial charge in [0.15, 0.2) is 6.10 Å². The molecule has 166 valence electrons. The summed E-state index contributed by atoms with van der Waals surface area (Å²) in [6.07, 6.45) is -1.57. The van der Waals surface area contributed by atoms with Crippen LogP contribution in [0.25, 0.3) is 11.1 Å². The van der Waals surface area contributed by atoms with Crippen molar-refractivity contribution >= 4 is 23.5 Å². The Morgan fingerprint density at radius 2 is 1.72 bits per heavy atom. The minimum atomic E-state index is -1.57. The van der Waals surface area contributed by atoms with Crippen LogP contribution in [0.3, 0.4) is 0 Å². The maximum Gasteiger partial charge on any atom is 0.271 e. The molecule has 0 heterocycles. The van der Waals surface area contributed by atoms with E-state index >= 15 is 4.39 Å². The molecule has 32 heavy (non-hydrogen) atoms. The number of hydrogen-bond acceptors (Lipinski definition) is 3. The highest BCUT2D eigenvalue weighted by molar-refractivity contribution is 6.21. The Balaban J connectivity index is 1.89. The molecule has 8 heteroatoms. The fourth-order valence-corrected chi connectivity index (χ4v) is 3.49. The van der Waals surface area contributed by atoms with E-state index < -0.39 is 29.2 Å². The van der Waals surface area contributed by atoms with E-state index in [2.05, 4.69) is 0 Å². The topological polar surface area (TPSA) is 79.4 Å². The Bertz CT molecular complexity index is 1140. The summed E-state index contributed by atoms with van der Waals surface area (Å²) in [4.78, 5) is 12.9. The first-order chi connectivity index (χ1) is 15.2. The smallest absolute Gasteiger partial charge is 0.271 e. The van der Waals surface area contributed by atoms with E-state index in [1.807, 2.05) is 19.1 Å². The van der Waals surface area contributed by atoms with Crippen LogP contribution in [0, 0.1) is 24.0 Å². The first kappa shape index (κ1) is 23.4. The molecule has 3 rings (SSSR count). The van der Waals surface area contributed by atoms with Gasteiger partial charge in [-0.1, -0.05) is 54.1 Å². The van der Waals surface area contributed by atoms with Crippen LogP contribution in [0.1, 0.15) is 28.4 Å². The molecule has 3 aromatic rings. The van der Waals surface area contributed by atoms with Gasteiger partial charge in [-0.15, -0.1) is 0 Å². The number of benzene rings is 3. The number of ether oxygens (including phenoxy) is 1. The highest BCUT2D eigenvalue weighted by atomic mass is 35.5. The Hall–Kier alpha value is -3.29. The van der Waals surface area contributed by atoms with E-state index in [4.69, 9.17) is 27.7 Å². The van der Waals surface area contributed by atoms with E-state index in [1.54, 1.807) is 36.4 Å². The zero-order valence-electron chi connectivity index (χ0n) is 17.5. The number of methoxy groups -OCH3 is 1. The van der Waals surface area contributed by atoms with Crippen molar-refractivity contribution in [2.45, 2.75) is 19.6 Å². The van der Waals surface area contributed by atoms with Crippen molar-refractivity contribution in [3.63, 3.8) is 0 Å². The van der Waals surface area contributed by atoms with Crippen LogP contribution in [-0.4, -0.2) is 23.3 Å². The lowest BCUT2D eigenvalue weighted by molar-refractivity contribution is -0.138. The zero-order chi connectivity index (χ0) is 23.4. The fraction of sp³-hybridized carbons (Fsp3) is 0.167. The molecule has 0 aliphatic heterocycles. The van der Waals surface area contributed by atoms with E-state index in [1.165, 1.54) is 13.2 Å². The second-order valence-corrected chi connectivity index (χ2v) is 7.68. The van der Waals surface area contributed by atoms with Crippen LogP contribution in [0.4, 0.5) is 8.78 Å². The number of nitrogen functional groups attached to an aromatic ring is 1. The number of carbonyl (C=O) groups excluding carboxylic acids is 1. The molecule has 0 spiro atoms. The summed E-state index contributed by atoms with van der Waals surface area (Å²) < 4.78 is 36.0. The van der Waals surface area contributed by atoms with Crippen LogP contribution in [0.2, 0.25) is 0 Å². The molecule has 0 aliphatic rings. The predicted molar refractivity (Wildman–Crippen MR) is 120 cm³/mol.